The van der Waals surface area contributed by atoms with Gasteiger partial charge in [-0.15, -0.1) is 24.8 Å². The quantitative estimate of drug-likeness (QED) is 0.732. The lowest BCUT2D eigenvalue weighted by Gasteiger charge is -2.39. The van der Waals surface area contributed by atoms with Crippen molar-refractivity contribution in [3.63, 3.8) is 0 Å². The molecule has 8 heteroatoms. The van der Waals surface area contributed by atoms with Gasteiger partial charge < -0.3 is 15.5 Å². The zero-order valence-electron chi connectivity index (χ0n) is 16.6. The summed E-state index contributed by atoms with van der Waals surface area (Å²) in [6.45, 7) is 3.83. The summed E-state index contributed by atoms with van der Waals surface area (Å²) in [5, 5.41) is 8.03. The number of halogens is 2. The predicted octanol–water partition coefficient (Wildman–Crippen LogP) is 4.00. The number of nitrogens with one attached hydrogen (secondary N) is 2. The van der Waals surface area contributed by atoms with E-state index in [9.17, 15) is 4.79 Å². The van der Waals surface area contributed by atoms with Crippen molar-refractivity contribution in [1.82, 2.24) is 15.6 Å². The number of carbonyl (C=O) groups is 1. The van der Waals surface area contributed by atoms with Gasteiger partial charge in [-0.2, -0.15) is 0 Å². The van der Waals surface area contributed by atoms with Crippen LogP contribution in [0.15, 0.2) is 24.3 Å². The fourth-order valence-corrected chi connectivity index (χ4v) is 6.25. The van der Waals surface area contributed by atoms with Gasteiger partial charge in [0.05, 0.1) is 15.6 Å². The van der Waals surface area contributed by atoms with E-state index in [0.717, 1.165) is 56.1 Å². The van der Waals surface area contributed by atoms with E-state index in [0.29, 0.717) is 17.9 Å². The fraction of sp³-hybridized carbons (Fsp3) is 0.619. The zero-order chi connectivity index (χ0) is 18.3. The molecule has 2 N–H and O–H groups in total. The zero-order valence-corrected chi connectivity index (χ0v) is 19.0. The Balaban J connectivity index is 0.00000120. The number of rotatable bonds is 3. The highest BCUT2D eigenvalue weighted by molar-refractivity contribution is 7.22. The molecule has 0 unspecified atom stereocenters. The number of para-hydroxylation sites is 1. The summed E-state index contributed by atoms with van der Waals surface area (Å²) in [6.07, 6.45) is 6.76. The average molecular weight is 457 g/mol. The molecule has 29 heavy (non-hydrogen) atoms. The van der Waals surface area contributed by atoms with Crippen molar-refractivity contribution in [2.24, 2.45) is 11.3 Å². The number of benzene rings is 1. The van der Waals surface area contributed by atoms with E-state index in [1.54, 1.807) is 11.3 Å². The van der Waals surface area contributed by atoms with Gasteiger partial charge in [0.1, 0.15) is 0 Å². The molecule has 1 aromatic carbocycles. The van der Waals surface area contributed by atoms with Crippen LogP contribution in [0.2, 0.25) is 0 Å². The molecule has 0 bridgehead atoms. The Bertz CT molecular complexity index is 806. The molecule has 160 valence electrons. The number of piperidine rings is 1. The maximum Gasteiger partial charge on any atom is 0.228 e. The van der Waals surface area contributed by atoms with Crippen molar-refractivity contribution in [2.45, 2.75) is 44.6 Å². The summed E-state index contributed by atoms with van der Waals surface area (Å²) in [7, 11) is 0. The van der Waals surface area contributed by atoms with Crippen LogP contribution in [0.5, 0.6) is 0 Å². The number of nitrogens with zero attached hydrogens (tertiary/aromatic N) is 2. The lowest BCUT2D eigenvalue weighted by Crippen LogP contribution is -2.53. The Morgan fingerprint density at radius 2 is 1.97 bits per heavy atom. The van der Waals surface area contributed by atoms with Gasteiger partial charge in [0.15, 0.2) is 5.13 Å². The summed E-state index contributed by atoms with van der Waals surface area (Å²) < 4.78 is 1.25. The second kappa shape index (κ2) is 9.38. The van der Waals surface area contributed by atoms with Crippen LogP contribution in [0.1, 0.15) is 38.5 Å². The van der Waals surface area contributed by atoms with Crippen molar-refractivity contribution >= 4 is 57.4 Å². The third kappa shape index (κ3) is 4.22. The highest BCUT2D eigenvalue weighted by Gasteiger charge is 2.50. The van der Waals surface area contributed by atoms with Crippen LogP contribution in [-0.4, -0.2) is 43.1 Å². The Morgan fingerprint density at radius 1 is 1.17 bits per heavy atom. The van der Waals surface area contributed by atoms with Crippen molar-refractivity contribution in [3.8, 4) is 0 Å². The molecule has 2 atom stereocenters. The topological polar surface area (TPSA) is 57.3 Å². The van der Waals surface area contributed by atoms with E-state index in [2.05, 4.69) is 33.7 Å². The van der Waals surface area contributed by atoms with Gasteiger partial charge in [-0.3, -0.25) is 4.79 Å². The molecule has 5 nitrogen and oxygen atoms in total. The van der Waals surface area contributed by atoms with Crippen molar-refractivity contribution in [2.75, 3.05) is 31.1 Å². The van der Waals surface area contributed by atoms with E-state index >= 15 is 0 Å². The molecule has 0 radical (unpaired) electrons. The first kappa shape index (κ1) is 22.6. The minimum atomic E-state index is -0.136. The van der Waals surface area contributed by atoms with Crippen LogP contribution >= 0.6 is 36.2 Å². The monoisotopic (exact) mass is 456 g/mol. The molecule has 2 aliphatic heterocycles. The van der Waals surface area contributed by atoms with Gasteiger partial charge in [-0.1, -0.05) is 36.3 Å². The number of thiazole rings is 1. The lowest BCUT2D eigenvalue weighted by molar-refractivity contribution is -0.134. The molecule has 2 aromatic rings. The first-order chi connectivity index (χ1) is 13.2. The van der Waals surface area contributed by atoms with E-state index in [1.165, 1.54) is 24.0 Å². The summed E-state index contributed by atoms with van der Waals surface area (Å²) in [5.74, 6) is 0.852. The number of hydrogen-bond acceptors (Lipinski definition) is 5. The highest BCUT2D eigenvalue weighted by atomic mass is 35.5. The molecule has 1 aromatic heterocycles. The Labute approximate surface area is 188 Å². The van der Waals surface area contributed by atoms with Crippen molar-refractivity contribution < 1.29 is 4.79 Å². The van der Waals surface area contributed by atoms with Gasteiger partial charge in [0.25, 0.3) is 0 Å². The lowest BCUT2D eigenvalue weighted by atomic mass is 9.67. The van der Waals surface area contributed by atoms with Crippen LogP contribution in [0.4, 0.5) is 5.13 Å². The Morgan fingerprint density at radius 3 is 2.76 bits per heavy atom. The third-order valence-electron chi connectivity index (χ3n) is 6.87. The van der Waals surface area contributed by atoms with Gasteiger partial charge in [-0.05, 0) is 50.3 Å². The normalized spacial score (nSPS) is 27.0. The average Bonchev–Trinajstić information content (AvgIpc) is 3.33. The van der Waals surface area contributed by atoms with Crippen LogP contribution in [0.25, 0.3) is 10.2 Å². The minimum Gasteiger partial charge on any atom is -0.353 e. The number of fused-ring (bicyclic) bond motifs is 2. The molecule has 0 spiro atoms. The Kier molecular flexibility index (Phi) is 7.31. The molecule has 3 aliphatic rings. The first-order valence-electron chi connectivity index (χ1n) is 10.4. The van der Waals surface area contributed by atoms with Gasteiger partial charge in [0.2, 0.25) is 5.91 Å². The van der Waals surface area contributed by atoms with Crippen LogP contribution < -0.4 is 15.5 Å². The third-order valence-corrected chi connectivity index (χ3v) is 7.97. The molecule has 1 saturated carbocycles. The SMILES string of the molecule is Cl.Cl.O=C(NC1CCN(c2nc3ccccc3s2)CC1)[C@@]12CCCC[C@H]1CNC2. The molecular formula is C21H30Cl2N4OS. The smallest absolute Gasteiger partial charge is 0.228 e. The highest BCUT2D eigenvalue weighted by Crippen LogP contribution is 2.44. The molecule has 2 saturated heterocycles. The number of anilines is 1. The predicted molar refractivity (Wildman–Crippen MR) is 125 cm³/mol. The van der Waals surface area contributed by atoms with Crippen LogP contribution in [0.3, 0.4) is 0 Å². The molecule has 1 amide bonds. The molecule has 5 rings (SSSR count). The molecular weight excluding hydrogens is 427 g/mol. The number of carbonyl (C=O) groups excluding carboxylic acids is 1. The maximum absolute atomic E-state index is 13.2. The van der Waals surface area contributed by atoms with E-state index < -0.39 is 0 Å². The number of aromatic nitrogens is 1. The van der Waals surface area contributed by atoms with E-state index in [-0.39, 0.29) is 30.2 Å². The minimum absolute atomic E-state index is 0. The maximum atomic E-state index is 13.2. The molecule has 3 heterocycles. The van der Waals surface area contributed by atoms with Crippen LogP contribution in [-0.2, 0) is 4.79 Å². The molecule has 1 aliphatic carbocycles. The summed E-state index contributed by atoms with van der Waals surface area (Å²) in [5.41, 5.74) is 0.951. The van der Waals surface area contributed by atoms with E-state index in [4.69, 9.17) is 4.98 Å². The summed E-state index contributed by atoms with van der Waals surface area (Å²) >= 11 is 1.77. The number of amides is 1. The summed E-state index contributed by atoms with van der Waals surface area (Å²) in [6, 6.07) is 8.64. The largest absolute Gasteiger partial charge is 0.353 e. The van der Waals surface area contributed by atoms with Crippen LogP contribution in [0, 0.1) is 11.3 Å². The molecule has 3 fully saturated rings. The first-order valence-corrected chi connectivity index (χ1v) is 11.2. The van der Waals surface area contributed by atoms with Crippen molar-refractivity contribution in [1.29, 1.82) is 0 Å². The van der Waals surface area contributed by atoms with Gasteiger partial charge in [0, 0.05) is 25.7 Å². The standard InChI is InChI=1S/C21H28N4OS.2ClH/c26-19(21-10-4-3-5-15(21)13-22-14-21)23-16-8-11-25(12-9-16)20-24-17-6-1-2-7-18(17)27-20;;/h1-2,6-7,15-16,22H,3-5,8-14H2,(H,23,26);2*1H/t15-,21+;;/m0../s1. The second-order valence-electron chi connectivity index (χ2n) is 8.43. The van der Waals surface area contributed by atoms with E-state index in [1.807, 2.05) is 6.07 Å². The van der Waals surface area contributed by atoms with Gasteiger partial charge >= 0.3 is 0 Å². The summed E-state index contributed by atoms with van der Waals surface area (Å²) in [4.78, 5) is 20.3. The number of hydrogen-bond donors (Lipinski definition) is 2. The Hall–Kier alpha value is -1.08. The second-order valence-corrected chi connectivity index (χ2v) is 9.44. The van der Waals surface area contributed by atoms with Gasteiger partial charge in [-0.25, -0.2) is 4.98 Å². The van der Waals surface area contributed by atoms with Crippen molar-refractivity contribution in [3.05, 3.63) is 24.3 Å². The fourth-order valence-electron chi connectivity index (χ4n) is 5.23.